The first-order valence-corrected chi connectivity index (χ1v) is 3.95. The molecule has 0 aromatic heterocycles. The third-order valence-electron chi connectivity index (χ3n) is 1.72. The molecule has 1 nitrogen and oxygen atoms in total. The summed E-state index contributed by atoms with van der Waals surface area (Å²) in [4.78, 5) is 0. The Hall–Kier alpha value is -0.810. The summed E-state index contributed by atoms with van der Waals surface area (Å²) in [5.41, 5.74) is -0.813. The number of alkyl halides is 3. The molecule has 0 unspecified atom stereocenters. The smallest absolute Gasteiger partial charge is 0.316 e. The van der Waals surface area contributed by atoms with Crippen molar-refractivity contribution in [3.05, 3.63) is 35.1 Å². The summed E-state index contributed by atoms with van der Waals surface area (Å²) in [5, 5.41) is 2.69. The molecular formula is C9H10ClF4N. The summed E-state index contributed by atoms with van der Waals surface area (Å²) in [6.45, 7) is 0.281. The van der Waals surface area contributed by atoms with Crippen molar-refractivity contribution in [2.45, 2.75) is 12.7 Å². The highest BCUT2D eigenvalue weighted by Gasteiger charge is 2.33. The van der Waals surface area contributed by atoms with Gasteiger partial charge in [-0.1, -0.05) is 6.07 Å². The molecule has 0 aliphatic carbocycles. The van der Waals surface area contributed by atoms with Crippen LogP contribution in [0.2, 0.25) is 0 Å². The van der Waals surface area contributed by atoms with Gasteiger partial charge in [-0.25, -0.2) is 4.39 Å². The third-order valence-corrected chi connectivity index (χ3v) is 1.72. The van der Waals surface area contributed by atoms with Gasteiger partial charge >= 0.3 is 6.18 Å². The fraction of sp³-hybridized carbons (Fsp3) is 0.333. The predicted molar refractivity (Wildman–Crippen MR) is 51.4 cm³/mol. The number of nitrogens with one attached hydrogen (secondary N) is 1. The molecule has 1 aromatic rings. The molecule has 0 aliphatic heterocycles. The molecule has 0 radical (unpaired) electrons. The van der Waals surface area contributed by atoms with Crippen molar-refractivity contribution in [2.75, 3.05) is 7.05 Å². The van der Waals surface area contributed by atoms with Crippen molar-refractivity contribution in [1.82, 2.24) is 5.32 Å². The largest absolute Gasteiger partial charge is 0.419 e. The number of rotatable bonds is 2. The third kappa shape index (κ3) is 3.68. The van der Waals surface area contributed by atoms with Gasteiger partial charge in [-0.15, -0.1) is 12.4 Å². The monoisotopic (exact) mass is 243 g/mol. The molecule has 6 heteroatoms. The second-order valence-corrected chi connectivity index (χ2v) is 2.84. The van der Waals surface area contributed by atoms with E-state index < -0.39 is 17.6 Å². The van der Waals surface area contributed by atoms with Crippen molar-refractivity contribution in [1.29, 1.82) is 0 Å². The van der Waals surface area contributed by atoms with Crippen LogP contribution in [0.5, 0.6) is 0 Å². The molecule has 1 N–H and O–H groups in total. The Kier molecular flexibility index (Phi) is 5.03. The van der Waals surface area contributed by atoms with Crippen molar-refractivity contribution in [3.63, 3.8) is 0 Å². The van der Waals surface area contributed by atoms with Gasteiger partial charge in [0.25, 0.3) is 0 Å². The van der Waals surface area contributed by atoms with Crippen molar-refractivity contribution in [2.24, 2.45) is 0 Å². The second kappa shape index (κ2) is 5.32. The molecule has 0 bridgehead atoms. The minimum absolute atomic E-state index is 0. The zero-order valence-corrected chi connectivity index (χ0v) is 8.68. The molecule has 0 aliphatic rings. The maximum absolute atomic E-state index is 12.8. The first-order chi connectivity index (χ1) is 6.45. The lowest BCUT2D eigenvalue weighted by molar-refractivity contribution is -0.140. The average Bonchev–Trinajstić information content (AvgIpc) is 2.07. The number of benzene rings is 1. The van der Waals surface area contributed by atoms with Gasteiger partial charge in [0.1, 0.15) is 5.82 Å². The molecule has 1 rings (SSSR count). The van der Waals surface area contributed by atoms with Crippen molar-refractivity contribution >= 4 is 12.4 Å². The maximum atomic E-state index is 12.8. The first kappa shape index (κ1) is 14.2. The Labute approximate surface area is 90.9 Å². The summed E-state index contributed by atoms with van der Waals surface area (Å²) < 4.78 is 49.4. The Morgan fingerprint density at radius 1 is 1.27 bits per heavy atom. The van der Waals surface area contributed by atoms with Crippen LogP contribution in [-0.2, 0) is 12.7 Å². The molecule has 0 fully saturated rings. The summed E-state index contributed by atoms with van der Waals surface area (Å²) >= 11 is 0. The molecule has 0 spiro atoms. The van der Waals surface area contributed by atoms with Gasteiger partial charge in [-0.2, -0.15) is 13.2 Å². The van der Waals surface area contributed by atoms with E-state index in [9.17, 15) is 17.6 Å². The zero-order chi connectivity index (χ0) is 10.8. The Balaban J connectivity index is 0.00000196. The quantitative estimate of drug-likeness (QED) is 0.788. The van der Waals surface area contributed by atoms with Gasteiger partial charge in [0.15, 0.2) is 0 Å². The van der Waals surface area contributed by atoms with Crippen molar-refractivity contribution in [3.8, 4) is 0 Å². The molecule has 1 aromatic carbocycles. The minimum Gasteiger partial charge on any atom is -0.316 e. The Morgan fingerprint density at radius 3 is 2.33 bits per heavy atom. The fourth-order valence-electron chi connectivity index (χ4n) is 1.10. The molecule has 0 atom stereocenters. The molecule has 0 saturated carbocycles. The minimum atomic E-state index is -4.63. The van der Waals surface area contributed by atoms with Gasteiger partial charge in [-0.05, 0) is 24.7 Å². The molecule has 0 saturated heterocycles. The van der Waals surface area contributed by atoms with E-state index in [1.807, 2.05) is 0 Å². The van der Waals surface area contributed by atoms with E-state index in [1.54, 1.807) is 7.05 Å². The van der Waals surface area contributed by atoms with Gasteiger partial charge in [0, 0.05) is 6.54 Å². The summed E-state index contributed by atoms with van der Waals surface area (Å²) in [6, 6.07) is 2.96. The van der Waals surface area contributed by atoms with Crippen LogP contribution in [-0.4, -0.2) is 7.05 Å². The standard InChI is InChI=1S/C9H9F4N.ClH/c1-14-5-6-2-3-8(10)7(4-6)9(11,12)13;/h2-4,14H,5H2,1H3;1H. The van der Waals surface area contributed by atoms with E-state index >= 15 is 0 Å². The van der Waals surface area contributed by atoms with E-state index in [0.717, 1.165) is 12.1 Å². The van der Waals surface area contributed by atoms with Gasteiger partial charge in [-0.3, -0.25) is 0 Å². The molecule has 0 heterocycles. The molecule has 0 amide bonds. The SMILES string of the molecule is CNCc1ccc(F)c(C(F)(F)F)c1.Cl. The van der Waals surface area contributed by atoms with E-state index in [0.29, 0.717) is 5.56 Å². The Morgan fingerprint density at radius 2 is 1.87 bits per heavy atom. The van der Waals surface area contributed by atoms with Crippen LogP contribution >= 0.6 is 12.4 Å². The summed E-state index contributed by atoms with van der Waals surface area (Å²) in [5.74, 6) is -1.24. The molecule has 86 valence electrons. The van der Waals surface area contributed by atoms with E-state index in [2.05, 4.69) is 5.32 Å². The van der Waals surface area contributed by atoms with Crippen LogP contribution in [0.25, 0.3) is 0 Å². The van der Waals surface area contributed by atoms with Gasteiger partial charge < -0.3 is 5.32 Å². The lowest BCUT2D eigenvalue weighted by Crippen LogP contribution is -2.11. The highest BCUT2D eigenvalue weighted by molar-refractivity contribution is 5.85. The van der Waals surface area contributed by atoms with Crippen LogP contribution in [0.1, 0.15) is 11.1 Å². The lowest BCUT2D eigenvalue weighted by Gasteiger charge is -2.09. The fourth-order valence-corrected chi connectivity index (χ4v) is 1.10. The van der Waals surface area contributed by atoms with Gasteiger partial charge in [0.2, 0.25) is 0 Å². The van der Waals surface area contributed by atoms with Crippen molar-refractivity contribution < 1.29 is 17.6 Å². The number of halogens is 5. The van der Waals surface area contributed by atoms with E-state index in [4.69, 9.17) is 0 Å². The van der Waals surface area contributed by atoms with Crippen LogP contribution in [0, 0.1) is 5.82 Å². The van der Waals surface area contributed by atoms with Gasteiger partial charge in [0.05, 0.1) is 5.56 Å². The van der Waals surface area contributed by atoms with Crippen LogP contribution in [0.3, 0.4) is 0 Å². The number of hydrogen-bond donors (Lipinski definition) is 1. The number of hydrogen-bond acceptors (Lipinski definition) is 1. The topological polar surface area (TPSA) is 12.0 Å². The van der Waals surface area contributed by atoms with Crippen LogP contribution in [0.15, 0.2) is 18.2 Å². The van der Waals surface area contributed by atoms with Crippen LogP contribution < -0.4 is 5.32 Å². The second-order valence-electron chi connectivity index (χ2n) is 2.84. The van der Waals surface area contributed by atoms with E-state index in [-0.39, 0.29) is 19.0 Å². The van der Waals surface area contributed by atoms with Crippen LogP contribution in [0.4, 0.5) is 17.6 Å². The highest BCUT2D eigenvalue weighted by atomic mass is 35.5. The zero-order valence-electron chi connectivity index (χ0n) is 7.86. The normalized spacial score (nSPS) is 11.0. The molecular weight excluding hydrogens is 234 g/mol. The van der Waals surface area contributed by atoms with E-state index in [1.165, 1.54) is 6.07 Å². The first-order valence-electron chi connectivity index (χ1n) is 3.95. The highest BCUT2D eigenvalue weighted by Crippen LogP contribution is 2.31. The lowest BCUT2D eigenvalue weighted by atomic mass is 10.1. The Bertz CT molecular complexity index is 324. The summed E-state index contributed by atoms with van der Waals surface area (Å²) in [6.07, 6.45) is -4.63. The average molecular weight is 244 g/mol. The maximum Gasteiger partial charge on any atom is 0.419 e. The molecule has 15 heavy (non-hydrogen) atoms. The summed E-state index contributed by atoms with van der Waals surface area (Å²) in [7, 11) is 1.61. The predicted octanol–water partition coefficient (Wildman–Crippen LogP) is 2.99.